The number of nitrogens with zero attached hydrogens (tertiary/aromatic N) is 4. The summed E-state index contributed by atoms with van der Waals surface area (Å²) in [5.41, 5.74) is 0.247. The molecule has 13 nitrogen and oxygen atoms in total. The van der Waals surface area contributed by atoms with E-state index in [4.69, 9.17) is 21.1 Å². The smallest absolute Gasteiger partial charge is 0.261 e. The number of rotatable bonds is 9. The van der Waals surface area contributed by atoms with E-state index in [1.807, 2.05) is 13.8 Å². The summed E-state index contributed by atoms with van der Waals surface area (Å²) in [6.45, 7) is 5.55. The normalized spacial score (nSPS) is 20.9. The molecule has 0 spiro atoms. The quantitative estimate of drug-likeness (QED) is 0.333. The highest BCUT2D eigenvalue weighted by molar-refractivity contribution is 7.92. The predicted molar refractivity (Wildman–Crippen MR) is 182 cm³/mol. The number of imidazole rings is 1. The van der Waals surface area contributed by atoms with Gasteiger partial charge in [-0.2, -0.15) is 4.31 Å². The third-order valence-corrected chi connectivity index (χ3v) is 11.6. The van der Waals surface area contributed by atoms with Crippen molar-refractivity contribution >= 4 is 43.2 Å². The molecule has 0 aliphatic carbocycles. The molecule has 1 aliphatic heterocycles. The van der Waals surface area contributed by atoms with Crippen molar-refractivity contribution in [3.8, 4) is 5.75 Å². The van der Waals surface area contributed by atoms with Crippen molar-refractivity contribution in [1.82, 2.24) is 18.8 Å². The summed E-state index contributed by atoms with van der Waals surface area (Å²) in [6.07, 6.45) is 4.04. The Hall–Kier alpha value is -3.21. The van der Waals surface area contributed by atoms with Gasteiger partial charge in [0.05, 0.1) is 41.6 Å². The van der Waals surface area contributed by atoms with Gasteiger partial charge in [-0.3, -0.25) is 9.52 Å². The maximum Gasteiger partial charge on any atom is 0.261 e. The molecule has 0 unspecified atom stereocenters. The number of ether oxygens (including phenoxy) is 2. The fraction of sp³-hybridized carbons (Fsp3) is 0.500. The third-order valence-electron chi connectivity index (χ3n) is 8.22. The molecule has 0 bridgehead atoms. The average molecular weight is 726 g/mol. The lowest BCUT2D eigenvalue weighted by Crippen LogP contribution is -2.48. The van der Waals surface area contributed by atoms with E-state index in [1.165, 1.54) is 65.2 Å². The Bertz CT molecular complexity index is 1770. The number of carbonyl (C=O) groups is 1. The number of halogens is 1. The molecule has 0 saturated carbocycles. The minimum Gasteiger partial charge on any atom is -0.490 e. The lowest BCUT2D eigenvalue weighted by Gasteiger charge is -2.35. The molecule has 2 N–H and O–H groups in total. The van der Waals surface area contributed by atoms with Gasteiger partial charge in [0.2, 0.25) is 0 Å². The Kier molecular flexibility index (Phi) is 12.5. The first kappa shape index (κ1) is 37.6. The van der Waals surface area contributed by atoms with Crippen LogP contribution in [0, 0.1) is 5.92 Å². The van der Waals surface area contributed by atoms with Gasteiger partial charge in [-0.1, -0.05) is 18.5 Å². The van der Waals surface area contributed by atoms with Crippen molar-refractivity contribution in [2.45, 2.75) is 68.2 Å². The zero-order chi connectivity index (χ0) is 35.2. The van der Waals surface area contributed by atoms with Crippen LogP contribution in [0.3, 0.4) is 0 Å². The van der Waals surface area contributed by atoms with Crippen molar-refractivity contribution in [3.05, 3.63) is 65.6 Å². The minimum absolute atomic E-state index is 0.00232. The molecule has 264 valence electrons. The van der Waals surface area contributed by atoms with Crippen LogP contribution in [0.4, 0.5) is 5.69 Å². The number of fused-ring (bicyclic) bond motifs is 1. The number of benzene rings is 2. The number of hydrogen-bond acceptors (Lipinski definition) is 9. The van der Waals surface area contributed by atoms with E-state index in [-0.39, 0.29) is 58.6 Å². The number of aliphatic hydroxyl groups excluding tert-OH is 1. The largest absolute Gasteiger partial charge is 0.490 e. The lowest BCUT2D eigenvalue weighted by molar-refractivity contribution is -0.00835. The lowest BCUT2D eigenvalue weighted by atomic mass is 10.0. The van der Waals surface area contributed by atoms with Crippen LogP contribution >= 0.6 is 11.6 Å². The topological polar surface area (TPSA) is 160 Å². The molecule has 4 atom stereocenters. The van der Waals surface area contributed by atoms with Gasteiger partial charge < -0.3 is 24.0 Å². The van der Waals surface area contributed by atoms with Crippen LogP contribution in [0.5, 0.6) is 5.75 Å². The van der Waals surface area contributed by atoms with Crippen LogP contribution in [0.25, 0.3) is 0 Å². The van der Waals surface area contributed by atoms with Gasteiger partial charge in [-0.15, -0.1) is 0 Å². The fourth-order valence-electron chi connectivity index (χ4n) is 5.31. The Morgan fingerprint density at radius 1 is 1.12 bits per heavy atom. The molecule has 1 amide bonds. The van der Waals surface area contributed by atoms with Gasteiger partial charge in [0.25, 0.3) is 26.0 Å². The Morgan fingerprint density at radius 3 is 2.48 bits per heavy atom. The summed E-state index contributed by atoms with van der Waals surface area (Å²) in [4.78, 5) is 19.8. The number of aliphatic hydroxyl groups is 1. The zero-order valence-corrected chi connectivity index (χ0v) is 30.1. The molecule has 1 aliphatic rings. The number of aromatic nitrogens is 2. The number of nitrogens with one attached hydrogen (secondary N) is 1. The highest BCUT2D eigenvalue weighted by Crippen LogP contribution is 2.30. The number of amides is 1. The van der Waals surface area contributed by atoms with E-state index in [2.05, 4.69) is 9.71 Å². The molecular weight excluding hydrogens is 682 g/mol. The van der Waals surface area contributed by atoms with E-state index < -0.39 is 38.1 Å². The second-order valence-electron chi connectivity index (χ2n) is 12.2. The fourth-order valence-corrected chi connectivity index (χ4v) is 7.63. The second-order valence-corrected chi connectivity index (χ2v) is 16.3. The highest BCUT2D eigenvalue weighted by atomic mass is 35.5. The third kappa shape index (κ3) is 9.27. The maximum absolute atomic E-state index is 14.3. The van der Waals surface area contributed by atoms with Crippen LogP contribution in [0.1, 0.15) is 50.4 Å². The van der Waals surface area contributed by atoms with Gasteiger partial charge in [0.15, 0.2) is 5.03 Å². The van der Waals surface area contributed by atoms with Gasteiger partial charge in [0, 0.05) is 56.6 Å². The first-order valence-corrected chi connectivity index (χ1v) is 19.0. The summed E-state index contributed by atoms with van der Waals surface area (Å²) in [5, 5.41) is 10.5. The summed E-state index contributed by atoms with van der Waals surface area (Å²) < 4.78 is 70.7. The van der Waals surface area contributed by atoms with Crippen LogP contribution in [-0.2, 0) is 31.8 Å². The molecule has 2 heterocycles. The molecular formula is C32H44ClN5O8S2. The number of aryl methyl sites for hydroxylation is 1. The summed E-state index contributed by atoms with van der Waals surface area (Å²) in [6, 6.07) is 9.55. The van der Waals surface area contributed by atoms with Gasteiger partial charge >= 0.3 is 0 Å². The van der Waals surface area contributed by atoms with Gasteiger partial charge in [-0.25, -0.2) is 21.8 Å². The predicted octanol–water partition coefficient (Wildman–Crippen LogP) is 3.99. The Balaban J connectivity index is 1.68. The van der Waals surface area contributed by atoms with Gasteiger partial charge in [0.1, 0.15) is 5.75 Å². The molecule has 1 aromatic heterocycles. The van der Waals surface area contributed by atoms with Crippen molar-refractivity contribution in [1.29, 1.82) is 0 Å². The van der Waals surface area contributed by atoms with E-state index in [1.54, 1.807) is 24.6 Å². The van der Waals surface area contributed by atoms with Crippen LogP contribution < -0.4 is 9.46 Å². The maximum atomic E-state index is 14.3. The molecule has 0 fully saturated rings. The van der Waals surface area contributed by atoms with Crippen LogP contribution in [0.2, 0.25) is 5.02 Å². The van der Waals surface area contributed by atoms with Crippen LogP contribution in [0.15, 0.2) is 64.9 Å². The molecule has 48 heavy (non-hydrogen) atoms. The van der Waals surface area contributed by atoms with E-state index >= 15 is 0 Å². The number of anilines is 1. The zero-order valence-electron chi connectivity index (χ0n) is 27.7. The molecule has 4 rings (SSSR count). The molecule has 3 aromatic rings. The Labute approximate surface area is 287 Å². The van der Waals surface area contributed by atoms with E-state index in [9.17, 15) is 26.7 Å². The summed E-state index contributed by atoms with van der Waals surface area (Å²) in [5.74, 6) is -0.610. The summed E-state index contributed by atoms with van der Waals surface area (Å²) >= 11 is 5.94. The van der Waals surface area contributed by atoms with E-state index in [0.29, 0.717) is 24.5 Å². The molecule has 2 aromatic carbocycles. The van der Waals surface area contributed by atoms with E-state index in [0.717, 1.165) is 6.42 Å². The number of carbonyl (C=O) groups excluding carboxylic acids is 1. The number of hydrogen-bond donors (Lipinski definition) is 2. The first-order chi connectivity index (χ1) is 22.6. The number of likely N-dealkylation sites (N-methyl/N-ethyl adjacent to an activating group) is 1. The minimum atomic E-state index is -4.02. The average Bonchev–Trinajstić information content (AvgIpc) is 3.49. The van der Waals surface area contributed by atoms with Crippen LogP contribution in [-0.4, -0.2) is 98.2 Å². The van der Waals surface area contributed by atoms with Gasteiger partial charge in [-0.05, 0) is 75.6 Å². The Morgan fingerprint density at radius 2 is 1.83 bits per heavy atom. The standard InChI is InChI=1S/C32H44ClN5O8S2/c1-22-17-38(23(2)20-39)32(40)28-16-26(35-47(41,42)27-12-9-25(33)10-13-27)11-14-29(28)46-24(3)8-6-7-15-45-30(22)18-37(5)48(43,44)31-19-36(4)21-34-31/h9-14,16,19,21-24,30,35,39H,6-8,15,17-18,20H2,1-5H3/t22-,23-,24-,30-/m0/s1. The van der Waals surface area contributed by atoms with Crippen molar-refractivity contribution in [3.63, 3.8) is 0 Å². The van der Waals surface area contributed by atoms with Crippen molar-refractivity contribution < 1.29 is 36.2 Å². The second kappa shape index (κ2) is 16.0. The monoisotopic (exact) mass is 725 g/mol. The SMILES string of the molecule is C[C@H]1CCCCO[C@@H](CN(C)S(=O)(=O)c2cn(C)cn2)[C@@H](C)CN([C@@H](C)CO)C(=O)c2cc(NS(=O)(=O)c3ccc(Cl)cc3)ccc2O1. The molecule has 0 saturated heterocycles. The van der Waals surface area contributed by atoms with Crippen molar-refractivity contribution in [2.75, 3.05) is 38.1 Å². The summed E-state index contributed by atoms with van der Waals surface area (Å²) in [7, 11) is -4.78. The first-order valence-electron chi connectivity index (χ1n) is 15.7. The molecule has 0 radical (unpaired) electrons. The highest BCUT2D eigenvalue weighted by Gasteiger charge is 2.33. The van der Waals surface area contributed by atoms with Crippen molar-refractivity contribution in [2.24, 2.45) is 13.0 Å². The number of sulfonamides is 2. The molecule has 16 heteroatoms.